The number of hydrogen-bond donors (Lipinski definition) is 2. The minimum absolute atomic E-state index is 0.140. The van der Waals surface area contributed by atoms with Gasteiger partial charge < -0.3 is 15.8 Å². The zero-order valence-corrected chi connectivity index (χ0v) is 11.2. The zero-order chi connectivity index (χ0) is 14.1. The van der Waals surface area contributed by atoms with E-state index < -0.39 is 0 Å². The average molecular weight is 268 g/mol. The van der Waals surface area contributed by atoms with Gasteiger partial charge in [0.25, 0.3) is 0 Å². The van der Waals surface area contributed by atoms with Crippen LogP contribution >= 0.6 is 0 Å². The summed E-state index contributed by atoms with van der Waals surface area (Å²) in [6.07, 6.45) is 1.23. The molecule has 3 N–H and O–H groups in total. The molecule has 0 spiro atoms. The Morgan fingerprint density at radius 1 is 1.42 bits per heavy atom. The lowest BCUT2D eigenvalue weighted by Gasteiger charge is -2.08. The summed E-state index contributed by atoms with van der Waals surface area (Å²) in [7, 11) is 0. The van der Waals surface area contributed by atoms with Gasteiger partial charge in [0.1, 0.15) is 5.82 Å². The summed E-state index contributed by atoms with van der Waals surface area (Å²) >= 11 is 0. The first-order valence-corrected chi connectivity index (χ1v) is 6.49. The van der Waals surface area contributed by atoms with Crippen molar-refractivity contribution in [1.82, 2.24) is 5.32 Å². The fourth-order valence-corrected chi connectivity index (χ4v) is 1.55. The second kappa shape index (κ2) is 8.61. The smallest absolute Gasteiger partial charge is 0.222 e. The van der Waals surface area contributed by atoms with Crippen LogP contribution in [-0.2, 0) is 22.6 Å². The van der Waals surface area contributed by atoms with E-state index in [-0.39, 0.29) is 18.3 Å². The number of hydrogen-bond acceptors (Lipinski definition) is 3. The molecule has 0 bridgehead atoms. The van der Waals surface area contributed by atoms with Gasteiger partial charge in [0, 0.05) is 31.7 Å². The molecular weight excluding hydrogens is 247 g/mol. The van der Waals surface area contributed by atoms with Crippen molar-refractivity contribution in [2.45, 2.75) is 32.9 Å². The van der Waals surface area contributed by atoms with E-state index in [1.165, 1.54) is 6.07 Å². The number of carbonyl (C=O) groups is 1. The van der Waals surface area contributed by atoms with E-state index in [1.54, 1.807) is 12.1 Å². The maximum atomic E-state index is 13.6. The van der Waals surface area contributed by atoms with Gasteiger partial charge in [0.05, 0.1) is 6.61 Å². The third-order valence-electron chi connectivity index (χ3n) is 2.65. The van der Waals surface area contributed by atoms with Crippen LogP contribution in [0.4, 0.5) is 4.39 Å². The summed E-state index contributed by atoms with van der Waals surface area (Å²) < 4.78 is 18.8. The standard InChI is InChI=1S/C14H21FN2O2/c1-2-6-19-7-5-14(18)17-10-12-4-3-11(9-16)8-13(12)15/h3-4,8H,2,5-7,9-10,16H2,1H3,(H,17,18). The second-order valence-electron chi connectivity index (χ2n) is 4.27. The van der Waals surface area contributed by atoms with E-state index in [2.05, 4.69) is 5.32 Å². The second-order valence-corrected chi connectivity index (χ2v) is 4.27. The first kappa shape index (κ1) is 15.6. The number of amides is 1. The van der Waals surface area contributed by atoms with Gasteiger partial charge >= 0.3 is 0 Å². The molecule has 0 atom stereocenters. The molecule has 0 radical (unpaired) electrons. The lowest BCUT2D eigenvalue weighted by molar-refractivity contribution is -0.122. The molecule has 0 aromatic heterocycles. The lowest BCUT2D eigenvalue weighted by atomic mass is 10.1. The van der Waals surface area contributed by atoms with Gasteiger partial charge in [-0.2, -0.15) is 0 Å². The Labute approximate surface area is 113 Å². The van der Waals surface area contributed by atoms with Gasteiger partial charge in [-0.15, -0.1) is 0 Å². The molecule has 0 aliphatic heterocycles. The molecule has 5 heteroatoms. The van der Waals surface area contributed by atoms with Crippen LogP contribution in [-0.4, -0.2) is 19.1 Å². The van der Waals surface area contributed by atoms with E-state index >= 15 is 0 Å². The van der Waals surface area contributed by atoms with Gasteiger partial charge in [-0.05, 0) is 18.1 Å². The molecule has 1 aromatic rings. The monoisotopic (exact) mass is 268 g/mol. The number of nitrogens with one attached hydrogen (secondary N) is 1. The molecule has 106 valence electrons. The molecule has 0 saturated heterocycles. The molecular formula is C14H21FN2O2. The third kappa shape index (κ3) is 5.81. The van der Waals surface area contributed by atoms with E-state index in [0.717, 1.165) is 12.0 Å². The van der Waals surface area contributed by atoms with Crippen LogP contribution < -0.4 is 11.1 Å². The van der Waals surface area contributed by atoms with Crippen molar-refractivity contribution in [3.05, 3.63) is 35.1 Å². The summed E-state index contributed by atoms with van der Waals surface area (Å²) in [5, 5.41) is 2.66. The average Bonchev–Trinajstić information content (AvgIpc) is 2.42. The summed E-state index contributed by atoms with van der Waals surface area (Å²) in [6, 6.07) is 4.80. The van der Waals surface area contributed by atoms with Crippen LogP contribution in [0.3, 0.4) is 0 Å². The van der Waals surface area contributed by atoms with E-state index in [4.69, 9.17) is 10.5 Å². The fourth-order valence-electron chi connectivity index (χ4n) is 1.55. The Morgan fingerprint density at radius 3 is 2.84 bits per heavy atom. The normalized spacial score (nSPS) is 10.5. The van der Waals surface area contributed by atoms with Crippen molar-refractivity contribution < 1.29 is 13.9 Å². The number of carbonyl (C=O) groups excluding carboxylic acids is 1. The molecule has 0 fully saturated rings. The fraction of sp³-hybridized carbons (Fsp3) is 0.500. The number of benzene rings is 1. The van der Waals surface area contributed by atoms with Gasteiger partial charge in [-0.3, -0.25) is 4.79 Å². The van der Waals surface area contributed by atoms with Crippen molar-refractivity contribution in [3.8, 4) is 0 Å². The molecule has 0 aliphatic carbocycles. The van der Waals surface area contributed by atoms with Gasteiger partial charge in [-0.25, -0.2) is 4.39 Å². The Bertz CT molecular complexity index is 410. The van der Waals surface area contributed by atoms with Crippen LogP contribution in [0.1, 0.15) is 30.9 Å². The SMILES string of the molecule is CCCOCCC(=O)NCc1ccc(CN)cc1F. The Kier molecular flexibility index (Phi) is 7.07. The van der Waals surface area contributed by atoms with E-state index in [1.807, 2.05) is 6.92 Å². The molecule has 0 saturated carbocycles. The summed E-state index contributed by atoms with van der Waals surface area (Å²) in [6.45, 7) is 3.55. The molecule has 4 nitrogen and oxygen atoms in total. The quantitative estimate of drug-likeness (QED) is 0.706. The molecule has 19 heavy (non-hydrogen) atoms. The van der Waals surface area contributed by atoms with Gasteiger partial charge in [-0.1, -0.05) is 19.1 Å². The number of nitrogens with two attached hydrogens (primary N) is 1. The number of halogens is 1. The highest BCUT2D eigenvalue weighted by atomic mass is 19.1. The first-order valence-electron chi connectivity index (χ1n) is 6.49. The number of rotatable bonds is 8. The Morgan fingerprint density at radius 2 is 2.21 bits per heavy atom. The maximum Gasteiger partial charge on any atom is 0.222 e. The minimum atomic E-state index is -0.342. The van der Waals surface area contributed by atoms with Crippen molar-refractivity contribution in [3.63, 3.8) is 0 Å². The van der Waals surface area contributed by atoms with Crippen LogP contribution in [0.15, 0.2) is 18.2 Å². The van der Waals surface area contributed by atoms with Crippen molar-refractivity contribution in [1.29, 1.82) is 0 Å². The molecule has 1 aromatic carbocycles. The van der Waals surface area contributed by atoms with Crippen molar-refractivity contribution >= 4 is 5.91 Å². The van der Waals surface area contributed by atoms with E-state index in [0.29, 0.717) is 31.7 Å². The summed E-state index contributed by atoms with van der Waals surface area (Å²) in [5.41, 5.74) is 6.62. The largest absolute Gasteiger partial charge is 0.381 e. The van der Waals surface area contributed by atoms with Gasteiger partial charge in [0.2, 0.25) is 5.91 Å². The molecule has 0 unspecified atom stereocenters. The van der Waals surface area contributed by atoms with Crippen LogP contribution in [0.25, 0.3) is 0 Å². The highest BCUT2D eigenvalue weighted by Crippen LogP contribution is 2.10. The predicted octanol–water partition coefficient (Wildman–Crippen LogP) is 1.72. The molecule has 0 heterocycles. The summed E-state index contributed by atoms with van der Waals surface area (Å²) in [4.78, 5) is 11.5. The van der Waals surface area contributed by atoms with Gasteiger partial charge in [0.15, 0.2) is 0 Å². The first-order chi connectivity index (χ1) is 9.17. The molecule has 1 amide bonds. The van der Waals surface area contributed by atoms with Crippen LogP contribution in [0.2, 0.25) is 0 Å². The van der Waals surface area contributed by atoms with Crippen LogP contribution in [0.5, 0.6) is 0 Å². The predicted molar refractivity (Wildman–Crippen MR) is 71.9 cm³/mol. The van der Waals surface area contributed by atoms with E-state index in [9.17, 15) is 9.18 Å². The Balaban J connectivity index is 2.33. The third-order valence-corrected chi connectivity index (χ3v) is 2.65. The molecule has 0 aliphatic rings. The zero-order valence-electron chi connectivity index (χ0n) is 11.2. The lowest BCUT2D eigenvalue weighted by Crippen LogP contribution is -2.24. The summed E-state index contributed by atoms with van der Waals surface area (Å²) in [5.74, 6) is -0.483. The minimum Gasteiger partial charge on any atom is -0.381 e. The number of ether oxygens (including phenoxy) is 1. The van der Waals surface area contributed by atoms with Crippen molar-refractivity contribution in [2.75, 3.05) is 13.2 Å². The van der Waals surface area contributed by atoms with Crippen molar-refractivity contribution in [2.24, 2.45) is 5.73 Å². The van der Waals surface area contributed by atoms with Crippen LogP contribution in [0, 0.1) is 5.82 Å². The maximum absolute atomic E-state index is 13.6. The molecule has 1 rings (SSSR count). The highest BCUT2D eigenvalue weighted by molar-refractivity contribution is 5.75. The topological polar surface area (TPSA) is 64.3 Å². The Hall–Kier alpha value is -1.46. The highest BCUT2D eigenvalue weighted by Gasteiger charge is 2.05.